The molecule has 0 aromatic carbocycles. The van der Waals surface area contributed by atoms with Gasteiger partial charge >= 0.3 is 0 Å². The molecule has 0 bridgehead atoms. The lowest BCUT2D eigenvalue weighted by Gasteiger charge is -2.18. The molecule has 0 aromatic rings. The highest BCUT2D eigenvalue weighted by molar-refractivity contribution is 4.85. The third-order valence-corrected chi connectivity index (χ3v) is 2.34. The molecule has 2 nitrogen and oxygen atoms in total. The van der Waals surface area contributed by atoms with E-state index in [1.54, 1.807) is 0 Å². The summed E-state index contributed by atoms with van der Waals surface area (Å²) < 4.78 is 0. The summed E-state index contributed by atoms with van der Waals surface area (Å²) in [6.45, 7) is 9.20. The van der Waals surface area contributed by atoms with Crippen LogP contribution in [0, 0.1) is 5.92 Å². The van der Waals surface area contributed by atoms with Crippen molar-refractivity contribution in [2.24, 2.45) is 5.92 Å². The average Bonchev–Trinajstić information content (AvgIpc) is 2.09. The first-order valence-corrected chi connectivity index (χ1v) is 4.54. The van der Waals surface area contributed by atoms with Crippen LogP contribution in [-0.2, 0) is 0 Å². The Hall–Kier alpha value is -0.0800. The summed E-state index contributed by atoms with van der Waals surface area (Å²) in [5.74, 6) is 0.808. The van der Waals surface area contributed by atoms with Gasteiger partial charge in [-0.2, -0.15) is 0 Å². The Morgan fingerprint density at radius 2 is 2.00 bits per heavy atom. The van der Waals surface area contributed by atoms with Crippen LogP contribution in [0.1, 0.15) is 20.8 Å². The quantitative estimate of drug-likeness (QED) is 0.640. The van der Waals surface area contributed by atoms with E-state index < -0.39 is 0 Å². The van der Waals surface area contributed by atoms with Crippen LogP contribution in [0.4, 0.5) is 0 Å². The first-order valence-electron chi connectivity index (χ1n) is 4.54. The Labute approximate surface area is 70.0 Å². The third-order valence-electron chi connectivity index (χ3n) is 2.34. The van der Waals surface area contributed by atoms with E-state index in [2.05, 4.69) is 38.0 Å². The lowest BCUT2D eigenvalue weighted by molar-refractivity contribution is 0.389. The second kappa shape index (κ2) is 3.55. The number of likely N-dealkylation sites (N-methyl/N-ethyl adjacent to an activating group) is 1. The average molecular weight is 156 g/mol. The van der Waals surface area contributed by atoms with Crippen molar-refractivity contribution in [1.82, 2.24) is 10.2 Å². The SMILES string of the molecule is CC(C)N[C@@H]1CN(C)CC1C. The Bertz CT molecular complexity index is 123. The van der Waals surface area contributed by atoms with Gasteiger partial charge in [0.05, 0.1) is 0 Å². The van der Waals surface area contributed by atoms with Crippen LogP contribution in [0.2, 0.25) is 0 Å². The molecule has 0 amide bonds. The molecule has 1 fully saturated rings. The van der Waals surface area contributed by atoms with E-state index in [0.717, 1.165) is 5.92 Å². The monoisotopic (exact) mass is 156 g/mol. The van der Waals surface area contributed by atoms with E-state index in [4.69, 9.17) is 0 Å². The van der Waals surface area contributed by atoms with Crippen LogP contribution in [0.5, 0.6) is 0 Å². The number of rotatable bonds is 2. The number of nitrogens with one attached hydrogen (secondary N) is 1. The molecule has 1 rings (SSSR count). The maximum absolute atomic E-state index is 3.58. The highest BCUT2D eigenvalue weighted by Crippen LogP contribution is 2.14. The number of hydrogen-bond donors (Lipinski definition) is 1. The molecule has 1 saturated heterocycles. The van der Waals surface area contributed by atoms with Gasteiger partial charge < -0.3 is 10.2 Å². The van der Waals surface area contributed by atoms with Crippen molar-refractivity contribution >= 4 is 0 Å². The third kappa shape index (κ3) is 2.46. The van der Waals surface area contributed by atoms with Gasteiger partial charge in [0.25, 0.3) is 0 Å². The van der Waals surface area contributed by atoms with Gasteiger partial charge in [-0.1, -0.05) is 20.8 Å². The van der Waals surface area contributed by atoms with Crippen LogP contribution >= 0.6 is 0 Å². The van der Waals surface area contributed by atoms with E-state index in [0.29, 0.717) is 12.1 Å². The summed E-state index contributed by atoms with van der Waals surface area (Å²) in [6, 6.07) is 1.33. The van der Waals surface area contributed by atoms with Gasteiger partial charge in [0.1, 0.15) is 0 Å². The van der Waals surface area contributed by atoms with Gasteiger partial charge in [0, 0.05) is 25.2 Å². The van der Waals surface area contributed by atoms with Gasteiger partial charge in [-0.25, -0.2) is 0 Å². The molecule has 0 spiro atoms. The van der Waals surface area contributed by atoms with E-state index in [9.17, 15) is 0 Å². The minimum Gasteiger partial charge on any atom is -0.310 e. The molecule has 66 valence electrons. The lowest BCUT2D eigenvalue weighted by atomic mass is 10.1. The summed E-state index contributed by atoms with van der Waals surface area (Å²) in [4.78, 5) is 2.39. The second-order valence-corrected chi connectivity index (χ2v) is 4.13. The van der Waals surface area contributed by atoms with Crippen molar-refractivity contribution in [2.75, 3.05) is 20.1 Å². The van der Waals surface area contributed by atoms with E-state index in [-0.39, 0.29) is 0 Å². The number of likely N-dealkylation sites (tertiary alicyclic amines) is 1. The number of hydrogen-bond acceptors (Lipinski definition) is 2. The molecule has 0 radical (unpaired) electrons. The zero-order chi connectivity index (χ0) is 8.43. The predicted molar refractivity (Wildman–Crippen MR) is 48.7 cm³/mol. The molecule has 1 heterocycles. The van der Waals surface area contributed by atoms with Crippen molar-refractivity contribution in [1.29, 1.82) is 0 Å². The fraction of sp³-hybridized carbons (Fsp3) is 1.00. The molecule has 1 aliphatic rings. The maximum atomic E-state index is 3.58. The van der Waals surface area contributed by atoms with Crippen molar-refractivity contribution in [3.05, 3.63) is 0 Å². The van der Waals surface area contributed by atoms with Gasteiger partial charge in [0.2, 0.25) is 0 Å². The molecule has 2 atom stereocenters. The molecule has 2 heteroatoms. The normalized spacial score (nSPS) is 33.5. The number of nitrogens with zero attached hydrogens (tertiary/aromatic N) is 1. The summed E-state index contributed by atoms with van der Waals surface area (Å²) in [6.07, 6.45) is 0. The zero-order valence-corrected chi connectivity index (χ0v) is 8.09. The zero-order valence-electron chi connectivity index (χ0n) is 8.09. The van der Waals surface area contributed by atoms with E-state index >= 15 is 0 Å². The van der Waals surface area contributed by atoms with Crippen LogP contribution in [0.25, 0.3) is 0 Å². The van der Waals surface area contributed by atoms with Crippen LogP contribution < -0.4 is 5.32 Å². The minimum atomic E-state index is 0.619. The standard InChI is InChI=1S/C9H20N2/c1-7(2)10-9-6-11(4)5-8(9)3/h7-10H,5-6H2,1-4H3/t8?,9-/m1/s1. The molecule has 1 N–H and O–H groups in total. The van der Waals surface area contributed by atoms with Crippen LogP contribution in [0.3, 0.4) is 0 Å². The molecule has 1 aliphatic heterocycles. The lowest BCUT2D eigenvalue weighted by Crippen LogP contribution is -2.39. The van der Waals surface area contributed by atoms with Crippen LogP contribution in [-0.4, -0.2) is 37.1 Å². The summed E-state index contributed by atoms with van der Waals surface area (Å²) in [5.41, 5.74) is 0. The van der Waals surface area contributed by atoms with Crippen molar-refractivity contribution < 1.29 is 0 Å². The van der Waals surface area contributed by atoms with Crippen molar-refractivity contribution in [3.8, 4) is 0 Å². The first kappa shape index (κ1) is 9.01. The Morgan fingerprint density at radius 1 is 1.36 bits per heavy atom. The van der Waals surface area contributed by atoms with Crippen LogP contribution in [0.15, 0.2) is 0 Å². The maximum Gasteiger partial charge on any atom is 0.0235 e. The highest BCUT2D eigenvalue weighted by atomic mass is 15.2. The summed E-state index contributed by atoms with van der Waals surface area (Å²) in [7, 11) is 2.19. The van der Waals surface area contributed by atoms with Crippen molar-refractivity contribution in [3.63, 3.8) is 0 Å². The Kier molecular flexibility index (Phi) is 2.90. The molecular formula is C9H20N2. The Morgan fingerprint density at radius 3 is 2.36 bits per heavy atom. The smallest absolute Gasteiger partial charge is 0.0235 e. The first-order chi connectivity index (χ1) is 5.09. The molecule has 1 unspecified atom stereocenters. The molecular weight excluding hydrogens is 136 g/mol. The Balaban J connectivity index is 2.34. The van der Waals surface area contributed by atoms with Crippen molar-refractivity contribution in [2.45, 2.75) is 32.9 Å². The molecule has 11 heavy (non-hydrogen) atoms. The highest BCUT2D eigenvalue weighted by Gasteiger charge is 2.26. The van der Waals surface area contributed by atoms with Gasteiger partial charge in [-0.15, -0.1) is 0 Å². The molecule has 0 aromatic heterocycles. The van der Waals surface area contributed by atoms with E-state index in [1.165, 1.54) is 13.1 Å². The fourth-order valence-corrected chi connectivity index (χ4v) is 1.85. The molecule has 0 saturated carbocycles. The summed E-state index contributed by atoms with van der Waals surface area (Å²) in [5, 5.41) is 3.58. The predicted octanol–water partition coefficient (Wildman–Crippen LogP) is 0.934. The minimum absolute atomic E-state index is 0.619. The van der Waals surface area contributed by atoms with E-state index in [1.807, 2.05) is 0 Å². The fourth-order valence-electron chi connectivity index (χ4n) is 1.85. The van der Waals surface area contributed by atoms with Gasteiger partial charge in [-0.05, 0) is 13.0 Å². The summed E-state index contributed by atoms with van der Waals surface area (Å²) >= 11 is 0. The van der Waals surface area contributed by atoms with Gasteiger partial charge in [0.15, 0.2) is 0 Å². The van der Waals surface area contributed by atoms with Gasteiger partial charge in [-0.3, -0.25) is 0 Å². The second-order valence-electron chi connectivity index (χ2n) is 4.13. The molecule has 0 aliphatic carbocycles. The topological polar surface area (TPSA) is 15.3 Å². The largest absolute Gasteiger partial charge is 0.310 e.